The molecule has 0 bridgehead atoms. The zero-order valence-electron chi connectivity index (χ0n) is 11.1. The van der Waals surface area contributed by atoms with Crippen LogP contribution in [0.4, 0.5) is 5.82 Å². The highest BCUT2D eigenvalue weighted by molar-refractivity contribution is 5.63. The SMILES string of the molecule is CNc1nnc(-c2ccc(OC)c(C)c2)cc1C. The lowest BCUT2D eigenvalue weighted by atomic mass is 10.1. The standard InChI is InChI=1S/C14H17N3O/c1-9-7-11(5-6-13(9)18-4)12-8-10(2)14(15-3)17-16-12/h5-8H,1-4H3,(H,15,17). The van der Waals surface area contributed by atoms with Gasteiger partial charge in [0.1, 0.15) is 5.75 Å². The van der Waals surface area contributed by atoms with Crippen molar-refractivity contribution in [1.82, 2.24) is 10.2 Å². The molecule has 18 heavy (non-hydrogen) atoms. The largest absolute Gasteiger partial charge is 0.496 e. The van der Waals surface area contributed by atoms with Gasteiger partial charge >= 0.3 is 0 Å². The summed E-state index contributed by atoms with van der Waals surface area (Å²) in [6.45, 7) is 4.03. The Bertz CT molecular complexity index is 515. The predicted octanol–water partition coefficient (Wildman–Crippen LogP) is 2.81. The molecule has 0 atom stereocenters. The maximum absolute atomic E-state index is 5.25. The zero-order valence-corrected chi connectivity index (χ0v) is 11.1. The van der Waals surface area contributed by atoms with E-state index in [9.17, 15) is 0 Å². The third kappa shape index (κ3) is 2.27. The van der Waals surface area contributed by atoms with Gasteiger partial charge in [0.2, 0.25) is 0 Å². The number of benzene rings is 1. The summed E-state index contributed by atoms with van der Waals surface area (Å²) in [4.78, 5) is 0. The molecule has 1 aromatic carbocycles. The second kappa shape index (κ2) is 5.04. The second-order valence-electron chi connectivity index (χ2n) is 4.20. The number of hydrogen-bond acceptors (Lipinski definition) is 4. The first kappa shape index (κ1) is 12.4. The molecule has 0 aliphatic carbocycles. The molecule has 0 unspecified atom stereocenters. The van der Waals surface area contributed by atoms with Crippen LogP contribution in [0.5, 0.6) is 5.75 Å². The van der Waals surface area contributed by atoms with E-state index in [4.69, 9.17) is 4.74 Å². The molecule has 0 radical (unpaired) electrons. The van der Waals surface area contributed by atoms with Crippen molar-refractivity contribution in [3.05, 3.63) is 35.4 Å². The average Bonchev–Trinajstić information content (AvgIpc) is 2.38. The molecule has 1 heterocycles. The van der Waals surface area contributed by atoms with Gasteiger partial charge in [-0.05, 0) is 49.2 Å². The van der Waals surface area contributed by atoms with Gasteiger partial charge in [-0.1, -0.05) is 0 Å². The van der Waals surface area contributed by atoms with E-state index in [0.29, 0.717) is 0 Å². The van der Waals surface area contributed by atoms with Gasteiger partial charge < -0.3 is 10.1 Å². The molecule has 0 fully saturated rings. The average molecular weight is 243 g/mol. The molecule has 0 spiro atoms. The van der Waals surface area contributed by atoms with E-state index in [1.165, 1.54) is 0 Å². The third-order valence-electron chi connectivity index (χ3n) is 2.91. The lowest BCUT2D eigenvalue weighted by molar-refractivity contribution is 0.412. The van der Waals surface area contributed by atoms with Gasteiger partial charge in [0.05, 0.1) is 12.8 Å². The maximum atomic E-state index is 5.25. The highest BCUT2D eigenvalue weighted by Crippen LogP contribution is 2.25. The Labute approximate surface area is 107 Å². The van der Waals surface area contributed by atoms with Gasteiger partial charge in [0, 0.05) is 12.6 Å². The Hall–Kier alpha value is -2.10. The van der Waals surface area contributed by atoms with Crippen LogP contribution in [-0.2, 0) is 0 Å². The van der Waals surface area contributed by atoms with Gasteiger partial charge in [-0.2, -0.15) is 0 Å². The number of aromatic nitrogens is 2. The molecule has 4 heteroatoms. The molecule has 2 aromatic rings. The number of nitrogens with one attached hydrogen (secondary N) is 1. The Balaban J connectivity index is 2.42. The smallest absolute Gasteiger partial charge is 0.151 e. The summed E-state index contributed by atoms with van der Waals surface area (Å²) in [5.74, 6) is 1.69. The number of anilines is 1. The summed E-state index contributed by atoms with van der Waals surface area (Å²) in [6, 6.07) is 8.03. The molecule has 1 aromatic heterocycles. The summed E-state index contributed by atoms with van der Waals surface area (Å²) in [6.07, 6.45) is 0. The molecule has 94 valence electrons. The third-order valence-corrected chi connectivity index (χ3v) is 2.91. The minimum atomic E-state index is 0.809. The first-order chi connectivity index (χ1) is 8.65. The van der Waals surface area contributed by atoms with Crippen LogP contribution in [-0.4, -0.2) is 24.4 Å². The van der Waals surface area contributed by atoms with Crippen molar-refractivity contribution in [2.75, 3.05) is 19.5 Å². The van der Waals surface area contributed by atoms with Gasteiger partial charge in [0.15, 0.2) is 5.82 Å². The minimum absolute atomic E-state index is 0.809. The van der Waals surface area contributed by atoms with Crippen LogP contribution in [0, 0.1) is 13.8 Å². The molecule has 0 aliphatic heterocycles. The topological polar surface area (TPSA) is 47.0 Å². The second-order valence-corrected chi connectivity index (χ2v) is 4.20. The molecule has 4 nitrogen and oxygen atoms in total. The van der Waals surface area contributed by atoms with Crippen molar-refractivity contribution in [2.24, 2.45) is 0 Å². The lowest BCUT2D eigenvalue weighted by Crippen LogP contribution is -1.99. The minimum Gasteiger partial charge on any atom is -0.496 e. The molecular weight excluding hydrogens is 226 g/mol. The fourth-order valence-corrected chi connectivity index (χ4v) is 1.91. The summed E-state index contributed by atoms with van der Waals surface area (Å²) in [5, 5.41) is 11.4. The Kier molecular flexibility index (Phi) is 3.46. The van der Waals surface area contributed by atoms with Gasteiger partial charge in [-0.3, -0.25) is 0 Å². The Morgan fingerprint density at radius 1 is 1.06 bits per heavy atom. The zero-order chi connectivity index (χ0) is 13.1. The number of hydrogen-bond donors (Lipinski definition) is 1. The van der Waals surface area contributed by atoms with Gasteiger partial charge in [-0.15, -0.1) is 10.2 Å². The van der Waals surface area contributed by atoms with Crippen molar-refractivity contribution in [3.63, 3.8) is 0 Å². The number of rotatable bonds is 3. The van der Waals surface area contributed by atoms with Gasteiger partial charge in [-0.25, -0.2) is 0 Å². The molecule has 0 amide bonds. The van der Waals surface area contributed by atoms with Crippen LogP contribution in [0.2, 0.25) is 0 Å². The molecule has 0 aliphatic rings. The Morgan fingerprint density at radius 2 is 1.83 bits per heavy atom. The van der Waals surface area contributed by atoms with E-state index in [1.807, 2.05) is 39.1 Å². The summed E-state index contributed by atoms with van der Waals surface area (Å²) in [5.41, 5.74) is 4.09. The fraction of sp³-hybridized carbons (Fsp3) is 0.286. The quantitative estimate of drug-likeness (QED) is 0.900. The monoisotopic (exact) mass is 243 g/mol. The first-order valence-corrected chi connectivity index (χ1v) is 5.82. The first-order valence-electron chi connectivity index (χ1n) is 5.82. The van der Waals surface area contributed by atoms with Crippen molar-refractivity contribution < 1.29 is 4.74 Å². The highest BCUT2D eigenvalue weighted by atomic mass is 16.5. The van der Waals surface area contributed by atoms with E-state index in [1.54, 1.807) is 7.11 Å². The van der Waals surface area contributed by atoms with E-state index in [0.717, 1.165) is 34.0 Å². The van der Waals surface area contributed by atoms with E-state index < -0.39 is 0 Å². The normalized spacial score (nSPS) is 10.2. The molecule has 2 rings (SSSR count). The van der Waals surface area contributed by atoms with Crippen LogP contribution in [0.3, 0.4) is 0 Å². The number of nitrogens with zero attached hydrogens (tertiary/aromatic N) is 2. The maximum Gasteiger partial charge on any atom is 0.151 e. The summed E-state index contributed by atoms with van der Waals surface area (Å²) < 4.78 is 5.25. The van der Waals surface area contributed by atoms with Crippen LogP contribution in [0.1, 0.15) is 11.1 Å². The van der Waals surface area contributed by atoms with E-state index in [2.05, 4.69) is 21.6 Å². The van der Waals surface area contributed by atoms with E-state index in [-0.39, 0.29) is 0 Å². The lowest BCUT2D eigenvalue weighted by Gasteiger charge is -2.08. The Morgan fingerprint density at radius 3 is 2.39 bits per heavy atom. The van der Waals surface area contributed by atoms with Crippen molar-refractivity contribution >= 4 is 5.82 Å². The summed E-state index contributed by atoms with van der Waals surface area (Å²) >= 11 is 0. The molecule has 0 saturated carbocycles. The molecular formula is C14H17N3O. The van der Waals surface area contributed by atoms with Crippen LogP contribution < -0.4 is 10.1 Å². The van der Waals surface area contributed by atoms with Gasteiger partial charge in [0.25, 0.3) is 0 Å². The number of ether oxygens (including phenoxy) is 1. The predicted molar refractivity (Wildman–Crippen MR) is 73.0 cm³/mol. The number of methoxy groups -OCH3 is 1. The van der Waals surface area contributed by atoms with Crippen molar-refractivity contribution in [2.45, 2.75) is 13.8 Å². The summed E-state index contributed by atoms with van der Waals surface area (Å²) in [7, 11) is 3.52. The van der Waals surface area contributed by atoms with Crippen LogP contribution >= 0.6 is 0 Å². The molecule has 0 saturated heterocycles. The highest BCUT2D eigenvalue weighted by Gasteiger charge is 2.06. The van der Waals surface area contributed by atoms with Crippen molar-refractivity contribution in [1.29, 1.82) is 0 Å². The number of aryl methyl sites for hydroxylation is 2. The fourth-order valence-electron chi connectivity index (χ4n) is 1.91. The van der Waals surface area contributed by atoms with Crippen LogP contribution in [0.15, 0.2) is 24.3 Å². The van der Waals surface area contributed by atoms with E-state index >= 15 is 0 Å². The molecule has 1 N–H and O–H groups in total. The van der Waals surface area contributed by atoms with Crippen molar-refractivity contribution in [3.8, 4) is 17.0 Å². The van der Waals surface area contributed by atoms with Crippen LogP contribution in [0.25, 0.3) is 11.3 Å².